The van der Waals surface area contributed by atoms with Gasteiger partial charge in [-0.2, -0.15) is 0 Å². The Hall–Kier alpha value is -3.09. The molecule has 28 heavy (non-hydrogen) atoms. The molecule has 0 aromatic heterocycles. The van der Waals surface area contributed by atoms with Crippen LogP contribution in [0.25, 0.3) is 0 Å². The molecule has 2 heterocycles. The van der Waals surface area contributed by atoms with Gasteiger partial charge in [-0.1, -0.05) is 12.1 Å². The average molecular weight is 408 g/mol. The van der Waals surface area contributed by atoms with E-state index < -0.39 is 46.9 Å². The van der Waals surface area contributed by atoms with E-state index in [0.717, 1.165) is 16.7 Å². The summed E-state index contributed by atoms with van der Waals surface area (Å²) in [7, 11) is 0. The van der Waals surface area contributed by atoms with Crippen LogP contribution in [0.1, 0.15) is 11.7 Å². The lowest BCUT2D eigenvalue weighted by molar-refractivity contribution is -0.152. The van der Waals surface area contributed by atoms with Gasteiger partial charge in [-0.15, -0.1) is 11.8 Å². The van der Waals surface area contributed by atoms with E-state index >= 15 is 0 Å². The molecule has 3 atom stereocenters. The minimum Gasteiger partial charge on any atom is -0.508 e. The van der Waals surface area contributed by atoms with Crippen molar-refractivity contribution in [2.45, 2.75) is 17.5 Å². The maximum atomic E-state index is 12.4. The highest BCUT2D eigenvalue weighted by molar-refractivity contribution is 8.00. The molecule has 3 rings (SSSR count). The van der Waals surface area contributed by atoms with Crippen LogP contribution in [0.15, 0.2) is 35.5 Å². The number of carbonyl (C=O) groups excluding carboxylic acids is 3. The van der Waals surface area contributed by atoms with Crippen molar-refractivity contribution >= 4 is 35.5 Å². The van der Waals surface area contributed by atoms with Gasteiger partial charge < -0.3 is 20.6 Å². The third kappa shape index (κ3) is 3.28. The molecule has 3 amide bonds. The lowest BCUT2D eigenvalue weighted by Crippen LogP contribution is -2.71. The molecule has 1 aromatic rings. The zero-order valence-electron chi connectivity index (χ0n) is 14.2. The van der Waals surface area contributed by atoms with Crippen LogP contribution in [0.3, 0.4) is 0 Å². The summed E-state index contributed by atoms with van der Waals surface area (Å²) in [6.45, 7) is 0. The van der Waals surface area contributed by atoms with E-state index in [9.17, 15) is 34.5 Å². The molecular weight excluding hydrogens is 392 g/mol. The quantitative estimate of drug-likeness (QED) is 0.141. The molecule has 1 unspecified atom stereocenters. The molecule has 1 fully saturated rings. The standard InChI is InChI=1S/C16H16N4O7S/c17-19-12(23)8-5-28-15-9(14(25)20(15)10(8)16(26)27)18-13(24)11(22)6-1-3-7(21)4-2-6/h1-4,9,11,15,21-22H,5,17H2,(H,18,24)(H,19,23)(H,26,27)/t9?,11-,15-/m1/s1. The molecule has 2 aliphatic heterocycles. The summed E-state index contributed by atoms with van der Waals surface area (Å²) in [5.41, 5.74) is 1.41. The van der Waals surface area contributed by atoms with Crippen LogP contribution in [0.5, 0.6) is 5.75 Å². The molecule has 7 N–H and O–H groups in total. The lowest BCUT2D eigenvalue weighted by atomic mass is 10.0. The first-order valence-electron chi connectivity index (χ1n) is 7.95. The van der Waals surface area contributed by atoms with Crippen molar-refractivity contribution in [1.82, 2.24) is 15.6 Å². The fraction of sp³-hybridized carbons (Fsp3) is 0.250. The molecule has 11 nitrogen and oxygen atoms in total. The minimum absolute atomic E-state index is 0.0218. The van der Waals surface area contributed by atoms with Crippen LogP contribution in [-0.4, -0.2) is 61.1 Å². The number of amides is 3. The number of carboxylic acids is 1. The number of hydrazine groups is 1. The zero-order valence-corrected chi connectivity index (χ0v) is 15.0. The van der Waals surface area contributed by atoms with Crippen molar-refractivity contribution < 1.29 is 34.5 Å². The van der Waals surface area contributed by atoms with Gasteiger partial charge in [0.05, 0.1) is 5.57 Å². The molecule has 0 aliphatic carbocycles. The first kappa shape index (κ1) is 19.7. The largest absolute Gasteiger partial charge is 0.508 e. The fourth-order valence-corrected chi connectivity index (χ4v) is 4.26. The van der Waals surface area contributed by atoms with E-state index in [-0.39, 0.29) is 22.6 Å². The van der Waals surface area contributed by atoms with E-state index in [1.165, 1.54) is 24.3 Å². The number of hydrogen-bond acceptors (Lipinski definition) is 8. The number of nitrogens with zero attached hydrogens (tertiary/aromatic N) is 1. The first-order valence-corrected chi connectivity index (χ1v) is 9.00. The number of fused-ring (bicyclic) bond motifs is 1. The zero-order chi connectivity index (χ0) is 20.6. The van der Waals surface area contributed by atoms with Crippen LogP contribution >= 0.6 is 11.8 Å². The lowest BCUT2D eigenvalue weighted by Gasteiger charge is -2.49. The summed E-state index contributed by atoms with van der Waals surface area (Å²) in [5, 5.41) is 30.4. The number of aliphatic hydroxyl groups is 1. The summed E-state index contributed by atoms with van der Waals surface area (Å²) in [5.74, 6) is 1.14. The number of nitrogens with two attached hydrogens (primary N) is 1. The fourth-order valence-electron chi connectivity index (χ4n) is 2.92. The first-order chi connectivity index (χ1) is 13.3. The van der Waals surface area contributed by atoms with E-state index in [0.29, 0.717) is 0 Å². The third-order valence-corrected chi connectivity index (χ3v) is 5.61. The van der Waals surface area contributed by atoms with Gasteiger partial charge in [0.1, 0.15) is 22.9 Å². The average Bonchev–Trinajstić information content (AvgIpc) is 2.69. The second-order valence-corrected chi connectivity index (χ2v) is 7.10. The second-order valence-electron chi connectivity index (χ2n) is 6.00. The molecule has 148 valence electrons. The van der Waals surface area contributed by atoms with Crippen molar-refractivity contribution in [2.75, 3.05) is 5.75 Å². The molecule has 0 radical (unpaired) electrons. The number of nitrogens with one attached hydrogen (secondary N) is 2. The number of benzene rings is 1. The number of aliphatic carboxylic acids is 1. The summed E-state index contributed by atoms with van der Waals surface area (Å²) in [4.78, 5) is 48.9. The molecular formula is C16H16N4O7S. The predicted molar refractivity (Wildman–Crippen MR) is 95.1 cm³/mol. The Morgan fingerprint density at radius 3 is 2.46 bits per heavy atom. The van der Waals surface area contributed by atoms with Gasteiger partial charge in [0.25, 0.3) is 17.7 Å². The van der Waals surface area contributed by atoms with Gasteiger partial charge in [-0.3, -0.25) is 24.7 Å². The Morgan fingerprint density at radius 1 is 1.25 bits per heavy atom. The SMILES string of the molecule is NNC(=O)C1=C(C(=O)O)N2C(=O)C(NC(=O)[C@H](O)c3ccc(O)cc3)[C@H]2SC1. The number of β-lactam (4-membered cyclic amide) rings is 1. The number of phenols is 1. The van der Waals surface area contributed by atoms with E-state index in [2.05, 4.69) is 5.32 Å². The van der Waals surface area contributed by atoms with Crippen LogP contribution in [0.4, 0.5) is 0 Å². The van der Waals surface area contributed by atoms with Crippen molar-refractivity contribution in [3.8, 4) is 5.75 Å². The second kappa shape index (κ2) is 7.50. The highest BCUT2D eigenvalue weighted by Crippen LogP contribution is 2.40. The van der Waals surface area contributed by atoms with Crippen molar-refractivity contribution in [2.24, 2.45) is 5.84 Å². The van der Waals surface area contributed by atoms with Crippen molar-refractivity contribution in [3.05, 3.63) is 41.1 Å². The Morgan fingerprint density at radius 2 is 1.89 bits per heavy atom. The van der Waals surface area contributed by atoms with E-state index in [1.54, 1.807) is 0 Å². The molecule has 0 saturated carbocycles. The Labute approximate surface area is 162 Å². The summed E-state index contributed by atoms with van der Waals surface area (Å²) >= 11 is 1.09. The number of carboxylic acid groups (broad SMARTS) is 1. The topological polar surface area (TPSA) is 182 Å². The van der Waals surface area contributed by atoms with Gasteiger partial charge in [0.2, 0.25) is 0 Å². The molecule has 2 aliphatic rings. The third-order valence-electron chi connectivity index (χ3n) is 4.33. The number of rotatable bonds is 5. The van der Waals surface area contributed by atoms with Crippen molar-refractivity contribution in [3.63, 3.8) is 0 Å². The number of carbonyl (C=O) groups is 4. The van der Waals surface area contributed by atoms with Crippen LogP contribution in [-0.2, 0) is 19.2 Å². The maximum Gasteiger partial charge on any atom is 0.353 e. The molecule has 1 saturated heterocycles. The number of thioether (sulfide) groups is 1. The number of aliphatic hydroxyl groups excluding tert-OH is 1. The summed E-state index contributed by atoms with van der Waals surface area (Å²) in [6.07, 6.45) is -1.58. The number of aromatic hydroxyl groups is 1. The minimum atomic E-state index is -1.58. The molecule has 0 spiro atoms. The maximum absolute atomic E-state index is 12.4. The highest BCUT2D eigenvalue weighted by Gasteiger charge is 2.55. The van der Waals surface area contributed by atoms with Crippen LogP contribution in [0.2, 0.25) is 0 Å². The normalized spacial score (nSPS) is 22.1. The van der Waals surface area contributed by atoms with Gasteiger partial charge in [-0.25, -0.2) is 10.6 Å². The highest BCUT2D eigenvalue weighted by atomic mass is 32.2. The van der Waals surface area contributed by atoms with Gasteiger partial charge in [-0.05, 0) is 17.7 Å². The monoisotopic (exact) mass is 408 g/mol. The summed E-state index contributed by atoms with van der Waals surface area (Å²) in [6, 6.07) is 4.25. The predicted octanol–water partition coefficient (Wildman–Crippen LogP) is -1.85. The molecule has 1 aromatic carbocycles. The Kier molecular flexibility index (Phi) is 5.27. The van der Waals surface area contributed by atoms with E-state index in [4.69, 9.17) is 5.84 Å². The number of hydrogen-bond donors (Lipinski definition) is 6. The Balaban J connectivity index is 1.75. The molecule has 12 heteroatoms. The van der Waals surface area contributed by atoms with Gasteiger partial charge in [0, 0.05) is 5.75 Å². The number of phenolic OH excluding ortho intramolecular Hbond substituents is 1. The van der Waals surface area contributed by atoms with Crippen LogP contribution in [0, 0.1) is 0 Å². The van der Waals surface area contributed by atoms with Gasteiger partial charge in [0.15, 0.2) is 6.10 Å². The molecule has 0 bridgehead atoms. The smallest absolute Gasteiger partial charge is 0.353 e. The van der Waals surface area contributed by atoms with E-state index in [1.807, 2.05) is 5.43 Å². The van der Waals surface area contributed by atoms with Gasteiger partial charge >= 0.3 is 5.97 Å². The van der Waals surface area contributed by atoms with Crippen molar-refractivity contribution in [1.29, 1.82) is 0 Å². The Bertz CT molecular complexity index is 885. The van der Waals surface area contributed by atoms with Crippen LogP contribution < -0.4 is 16.6 Å². The summed E-state index contributed by atoms with van der Waals surface area (Å²) < 4.78 is 0.